The Morgan fingerprint density at radius 2 is 1.37 bits per heavy atom. The number of carbonyl (C=O) groups is 3. The monoisotopic (exact) mass is 360 g/mol. The van der Waals surface area contributed by atoms with Crippen LogP contribution in [0.15, 0.2) is 71.5 Å². The molecule has 0 bridgehead atoms. The summed E-state index contributed by atoms with van der Waals surface area (Å²) in [5.41, 5.74) is 0.587. The number of fused-ring (bicyclic) bond motifs is 1. The van der Waals surface area contributed by atoms with Gasteiger partial charge in [0.1, 0.15) is 5.56 Å². The van der Waals surface area contributed by atoms with E-state index in [1.807, 2.05) is 30.3 Å². The highest BCUT2D eigenvalue weighted by molar-refractivity contribution is 6.21. The van der Waals surface area contributed by atoms with Crippen molar-refractivity contribution >= 4 is 17.8 Å². The van der Waals surface area contributed by atoms with Crippen molar-refractivity contribution in [3.8, 4) is 11.3 Å². The van der Waals surface area contributed by atoms with Crippen molar-refractivity contribution in [3.05, 3.63) is 93.8 Å². The van der Waals surface area contributed by atoms with Gasteiger partial charge in [-0.05, 0) is 29.8 Å². The van der Waals surface area contributed by atoms with Gasteiger partial charge in [0.25, 0.3) is 17.4 Å². The highest BCUT2D eigenvalue weighted by Gasteiger charge is 2.39. The molecule has 0 spiro atoms. The zero-order valence-electron chi connectivity index (χ0n) is 13.8. The summed E-state index contributed by atoms with van der Waals surface area (Å²) in [6.07, 6.45) is 0. The van der Waals surface area contributed by atoms with Crippen LogP contribution < -0.4 is 5.56 Å². The molecule has 7 nitrogen and oxygen atoms in total. The molecule has 7 heteroatoms. The van der Waals surface area contributed by atoms with Gasteiger partial charge in [0.2, 0.25) is 0 Å². The Morgan fingerprint density at radius 1 is 0.778 bits per heavy atom. The number of hydrogen-bond donors (Lipinski definition) is 1. The van der Waals surface area contributed by atoms with E-state index in [-0.39, 0.29) is 16.7 Å². The summed E-state index contributed by atoms with van der Waals surface area (Å²) >= 11 is 0. The van der Waals surface area contributed by atoms with Gasteiger partial charge in [0.05, 0.1) is 11.1 Å². The van der Waals surface area contributed by atoms with Crippen LogP contribution in [-0.4, -0.2) is 27.8 Å². The van der Waals surface area contributed by atoms with E-state index in [0.717, 1.165) is 5.56 Å². The first-order valence-electron chi connectivity index (χ1n) is 8.05. The molecule has 132 valence electrons. The molecule has 0 atom stereocenters. The number of nitrogens with one attached hydrogen (secondary N) is 1. The third-order valence-electron chi connectivity index (χ3n) is 4.15. The topological polar surface area (TPSA) is 96.5 Å². The molecule has 2 aromatic carbocycles. The highest BCUT2D eigenvalue weighted by atomic mass is 16.7. The van der Waals surface area contributed by atoms with Gasteiger partial charge in [-0.15, -0.1) is 0 Å². The predicted molar refractivity (Wildman–Crippen MR) is 94.9 cm³/mol. The Bertz CT molecular complexity index is 1100. The zero-order valence-corrected chi connectivity index (χ0v) is 13.8. The number of hydrogen-bond acceptors (Lipinski definition) is 5. The number of rotatable bonds is 3. The second-order valence-electron chi connectivity index (χ2n) is 5.81. The standard InChI is InChI=1S/C20H12N2O5/c23-17-15(10-11-16(21-17)12-6-2-1-3-7-12)20(26)27-22-18(24)13-8-4-5-9-14(13)19(22)25/h1-11H,(H,21,23). The number of carbonyl (C=O) groups excluding carboxylic acids is 3. The van der Waals surface area contributed by atoms with Crippen molar-refractivity contribution in [2.24, 2.45) is 0 Å². The molecule has 1 N–H and O–H groups in total. The van der Waals surface area contributed by atoms with Crippen LogP contribution in [0.1, 0.15) is 31.1 Å². The molecule has 2 heterocycles. The first-order valence-corrected chi connectivity index (χ1v) is 8.05. The highest BCUT2D eigenvalue weighted by Crippen LogP contribution is 2.23. The largest absolute Gasteiger partial charge is 0.369 e. The van der Waals surface area contributed by atoms with Crippen LogP contribution in [0.2, 0.25) is 0 Å². The van der Waals surface area contributed by atoms with Gasteiger partial charge in [0.15, 0.2) is 0 Å². The third kappa shape index (κ3) is 2.81. The van der Waals surface area contributed by atoms with Crippen LogP contribution in [0, 0.1) is 0 Å². The quantitative estimate of drug-likeness (QED) is 0.724. The first kappa shape index (κ1) is 16.5. The molecule has 0 saturated carbocycles. The molecule has 1 aromatic heterocycles. The van der Waals surface area contributed by atoms with Crippen LogP contribution >= 0.6 is 0 Å². The molecule has 1 aliphatic heterocycles. The van der Waals surface area contributed by atoms with Gasteiger partial charge < -0.3 is 9.82 Å². The molecule has 2 amide bonds. The number of amides is 2. The van der Waals surface area contributed by atoms with E-state index in [2.05, 4.69) is 4.98 Å². The summed E-state index contributed by atoms with van der Waals surface area (Å²) in [5.74, 6) is -2.59. The van der Waals surface area contributed by atoms with E-state index in [4.69, 9.17) is 4.84 Å². The number of aromatic amines is 1. The SMILES string of the molecule is O=C(ON1C(=O)c2ccccc2C1=O)c1ccc(-c2ccccc2)[nH]c1=O. The predicted octanol–water partition coefficient (Wildman–Crippen LogP) is 2.41. The summed E-state index contributed by atoms with van der Waals surface area (Å²) < 4.78 is 0. The lowest BCUT2D eigenvalue weighted by Crippen LogP contribution is -2.34. The van der Waals surface area contributed by atoms with Crippen molar-refractivity contribution < 1.29 is 19.2 Å². The van der Waals surface area contributed by atoms with Crippen molar-refractivity contribution in [2.75, 3.05) is 0 Å². The maximum Gasteiger partial charge on any atom is 0.369 e. The molecule has 3 aromatic rings. The minimum atomic E-state index is -1.09. The smallest absolute Gasteiger partial charge is 0.324 e. The first-order chi connectivity index (χ1) is 13.1. The molecular formula is C20H12N2O5. The van der Waals surface area contributed by atoms with E-state index in [1.165, 1.54) is 18.2 Å². The van der Waals surface area contributed by atoms with E-state index in [1.54, 1.807) is 18.2 Å². The number of H-pyrrole nitrogens is 1. The van der Waals surface area contributed by atoms with Crippen LogP contribution in [0.5, 0.6) is 0 Å². The summed E-state index contributed by atoms with van der Waals surface area (Å²) in [4.78, 5) is 56.6. The Balaban J connectivity index is 1.59. The van der Waals surface area contributed by atoms with Crippen LogP contribution in [0.3, 0.4) is 0 Å². The Morgan fingerprint density at radius 3 is 1.96 bits per heavy atom. The fourth-order valence-electron chi connectivity index (χ4n) is 2.80. The minimum Gasteiger partial charge on any atom is -0.324 e. The average molecular weight is 360 g/mol. The average Bonchev–Trinajstić information content (AvgIpc) is 2.93. The van der Waals surface area contributed by atoms with Gasteiger partial charge in [-0.3, -0.25) is 14.4 Å². The molecule has 0 fully saturated rings. The fourth-order valence-corrected chi connectivity index (χ4v) is 2.80. The third-order valence-corrected chi connectivity index (χ3v) is 4.15. The summed E-state index contributed by atoms with van der Waals surface area (Å²) in [6.45, 7) is 0. The number of benzene rings is 2. The lowest BCUT2D eigenvalue weighted by molar-refractivity contribution is -0.0585. The molecule has 4 rings (SSSR count). The Labute approximate surface area is 152 Å². The van der Waals surface area contributed by atoms with E-state index < -0.39 is 23.3 Å². The molecule has 27 heavy (non-hydrogen) atoms. The normalized spacial score (nSPS) is 12.8. The van der Waals surface area contributed by atoms with Crippen molar-refractivity contribution in [3.63, 3.8) is 0 Å². The molecule has 0 saturated heterocycles. The summed E-state index contributed by atoms with van der Waals surface area (Å²) in [7, 11) is 0. The van der Waals surface area contributed by atoms with Crippen LogP contribution in [0.4, 0.5) is 0 Å². The lowest BCUT2D eigenvalue weighted by atomic mass is 10.1. The molecule has 0 unspecified atom stereocenters. The van der Waals surface area contributed by atoms with Gasteiger partial charge in [0, 0.05) is 5.69 Å². The zero-order chi connectivity index (χ0) is 19.0. The molecular weight excluding hydrogens is 348 g/mol. The van der Waals surface area contributed by atoms with Crippen molar-refractivity contribution in [1.29, 1.82) is 0 Å². The second kappa shape index (κ2) is 6.38. The number of nitrogens with zero attached hydrogens (tertiary/aromatic N) is 1. The van der Waals surface area contributed by atoms with Gasteiger partial charge in [-0.2, -0.15) is 0 Å². The lowest BCUT2D eigenvalue weighted by Gasteiger charge is -2.12. The summed E-state index contributed by atoms with van der Waals surface area (Å²) in [6, 6.07) is 18.1. The van der Waals surface area contributed by atoms with Crippen LogP contribution in [0.25, 0.3) is 11.3 Å². The van der Waals surface area contributed by atoms with E-state index in [0.29, 0.717) is 10.8 Å². The number of pyridine rings is 1. The molecule has 0 aliphatic carbocycles. The number of hydroxylamine groups is 2. The van der Waals surface area contributed by atoms with Crippen molar-refractivity contribution in [2.45, 2.75) is 0 Å². The Hall–Kier alpha value is -4.00. The maximum atomic E-state index is 12.3. The Kier molecular flexibility index (Phi) is 3.89. The number of imide groups is 1. The van der Waals surface area contributed by atoms with E-state index in [9.17, 15) is 19.2 Å². The summed E-state index contributed by atoms with van der Waals surface area (Å²) in [5, 5.41) is 0.373. The van der Waals surface area contributed by atoms with Gasteiger partial charge >= 0.3 is 5.97 Å². The molecule has 1 aliphatic rings. The van der Waals surface area contributed by atoms with E-state index >= 15 is 0 Å². The van der Waals surface area contributed by atoms with Crippen molar-refractivity contribution in [1.82, 2.24) is 10.0 Å². The number of aromatic nitrogens is 1. The fraction of sp³-hybridized carbons (Fsp3) is 0. The van der Waals surface area contributed by atoms with Crippen LogP contribution in [-0.2, 0) is 4.84 Å². The second-order valence-corrected chi connectivity index (χ2v) is 5.81. The van der Waals surface area contributed by atoms with Gasteiger partial charge in [-0.1, -0.05) is 47.5 Å². The molecule has 0 radical (unpaired) electrons. The van der Waals surface area contributed by atoms with Gasteiger partial charge in [-0.25, -0.2) is 4.79 Å². The maximum absolute atomic E-state index is 12.3. The minimum absolute atomic E-state index is 0.142.